The highest BCUT2D eigenvalue weighted by molar-refractivity contribution is 7.89. The number of sulfonamides is 1. The van der Waals surface area contributed by atoms with Crippen molar-refractivity contribution in [3.8, 4) is 0 Å². The molecule has 20 heavy (non-hydrogen) atoms. The van der Waals surface area contributed by atoms with Crippen LogP contribution in [0.2, 0.25) is 0 Å². The average Bonchev–Trinajstić information content (AvgIpc) is 2.26. The number of halogens is 1. The third-order valence-electron chi connectivity index (χ3n) is 3.17. The maximum Gasteiger partial charge on any atom is 0.223 e. The smallest absolute Gasteiger partial charge is 0.223 e. The largest absolute Gasteiger partial charge is 0.355 e. The zero-order chi connectivity index (χ0) is 14.5. The molecule has 1 aliphatic carbocycles. The Balaban J connectivity index is 0.00000361. The lowest BCUT2D eigenvalue weighted by Crippen LogP contribution is -2.41. The Kier molecular flexibility index (Phi) is 8.65. The lowest BCUT2D eigenvalue weighted by Gasteiger charge is -2.25. The molecule has 0 saturated heterocycles. The maximum atomic E-state index is 11.9. The second-order valence-corrected chi connectivity index (χ2v) is 7.38. The molecule has 8 heteroatoms. The molecule has 1 aliphatic rings. The summed E-state index contributed by atoms with van der Waals surface area (Å²) in [6, 6.07) is -0.0344. The standard InChI is InChI=1S/C12H25N3O3S.ClH/c1-9(2)15-19(17,18)7-6-14-12(16)10-4-3-5-11(13)8-10;/h9-11,15H,3-8,13H2,1-2H3,(H,14,16);1H. The van der Waals surface area contributed by atoms with Crippen molar-refractivity contribution >= 4 is 28.3 Å². The van der Waals surface area contributed by atoms with Gasteiger partial charge in [-0.1, -0.05) is 6.42 Å². The average molecular weight is 328 g/mol. The van der Waals surface area contributed by atoms with Crippen molar-refractivity contribution in [3.63, 3.8) is 0 Å². The molecule has 1 rings (SSSR count). The van der Waals surface area contributed by atoms with Crippen LogP contribution < -0.4 is 15.8 Å². The molecule has 1 saturated carbocycles. The van der Waals surface area contributed by atoms with E-state index in [-0.39, 0.29) is 48.6 Å². The van der Waals surface area contributed by atoms with Crippen LogP contribution in [0.3, 0.4) is 0 Å². The number of hydrogen-bond donors (Lipinski definition) is 3. The topological polar surface area (TPSA) is 101 Å². The van der Waals surface area contributed by atoms with Gasteiger partial charge in [0.05, 0.1) is 5.75 Å². The summed E-state index contributed by atoms with van der Waals surface area (Å²) >= 11 is 0. The van der Waals surface area contributed by atoms with Gasteiger partial charge in [-0.25, -0.2) is 13.1 Å². The predicted octanol–water partition coefficient (Wildman–Crippen LogP) is 0.370. The molecule has 6 nitrogen and oxygen atoms in total. The van der Waals surface area contributed by atoms with Crippen LogP contribution in [0.5, 0.6) is 0 Å². The monoisotopic (exact) mass is 327 g/mol. The van der Waals surface area contributed by atoms with E-state index in [1.165, 1.54) is 0 Å². The lowest BCUT2D eigenvalue weighted by atomic mass is 9.85. The van der Waals surface area contributed by atoms with Crippen molar-refractivity contribution in [3.05, 3.63) is 0 Å². The van der Waals surface area contributed by atoms with E-state index in [0.717, 1.165) is 19.3 Å². The van der Waals surface area contributed by atoms with Crippen LogP contribution in [0.25, 0.3) is 0 Å². The van der Waals surface area contributed by atoms with E-state index < -0.39 is 10.0 Å². The molecule has 2 unspecified atom stereocenters. The Morgan fingerprint density at radius 1 is 1.35 bits per heavy atom. The summed E-state index contributed by atoms with van der Waals surface area (Å²) in [4.78, 5) is 11.9. The van der Waals surface area contributed by atoms with Crippen molar-refractivity contribution < 1.29 is 13.2 Å². The predicted molar refractivity (Wildman–Crippen MR) is 82.2 cm³/mol. The minimum atomic E-state index is -3.31. The van der Waals surface area contributed by atoms with E-state index >= 15 is 0 Å². The summed E-state index contributed by atoms with van der Waals surface area (Å²) in [6.45, 7) is 3.67. The number of nitrogens with one attached hydrogen (secondary N) is 2. The fraction of sp³-hybridized carbons (Fsp3) is 0.917. The van der Waals surface area contributed by atoms with Gasteiger partial charge in [0, 0.05) is 24.5 Å². The first-order chi connectivity index (χ1) is 8.80. The molecule has 4 N–H and O–H groups in total. The van der Waals surface area contributed by atoms with Crippen molar-refractivity contribution in [2.24, 2.45) is 11.7 Å². The normalized spacial score (nSPS) is 23.2. The highest BCUT2D eigenvalue weighted by Gasteiger charge is 2.25. The van der Waals surface area contributed by atoms with E-state index in [1.54, 1.807) is 13.8 Å². The van der Waals surface area contributed by atoms with Crippen LogP contribution in [0, 0.1) is 5.92 Å². The second kappa shape index (κ2) is 8.81. The summed E-state index contributed by atoms with van der Waals surface area (Å²) in [5, 5.41) is 2.69. The highest BCUT2D eigenvalue weighted by Crippen LogP contribution is 2.22. The van der Waals surface area contributed by atoms with Gasteiger partial charge in [-0.15, -0.1) is 12.4 Å². The molecule has 0 aromatic heterocycles. The number of hydrogen-bond acceptors (Lipinski definition) is 4. The first-order valence-electron chi connectivity index (χ1n) is 6.83. The SMILES string of the molecule is CC(C)NS(=O)(=O)CCNC(=O)C1CCCC(N)C1.Cl. The van der Waals surface area contributed by atoms with Crippen molar-refractivity contribution in [1.29, 1.82) is 0 Å². The minimum Gasteiger partial charge on any atom is -0.355 e. The number of rotatable bonds is 6. The molecule has 0 aliphatic heterocycles. The number of nitrogens with two attached hydrogens (primary N) is 1. The van der Waals surface area contributed by atoms with Crippen LogP contribution in [-0.4, -0.2) is 38.7 Å². The van der Waals surface area contributed by atoms with Gasteiger partial charge in [0.1, 0.15) is 0 Å². The van der Waals surface area contributed by atoms with Gasteiger partial charge in [0.15, 0.2) is 0 Å². The van der Waals surface area contributed by atoms with Crippen LogP contribution >= 0.6 is 12.4 Å². The molecule has 2 atom stereocenters. The summed E-state index contributed by atoms with van der Waals surface area (Å²) in [5.41, 5.74) is 5.83. The van der Waals surface area contributed by atoms with Gasteiger partial charge < -0.3 is 11.1 Å². The Bertz CT molecular complexity index is 401. The van der Waals surface area contributed by atoms with Crippen molar-refractivity contribution in [2.75, 3.05) is 12.3 Å². The quantitative estimate of drug-likeness (QED) is 0.656. The van der Waals surface area contributed by atoms with Crippen molar-refractivity contribution in [2.45, 2.75) is 51.6 Å². The number of carbonyl (C=O) groups excluding carboxylic acids is 1. The summed E-state index contributed by atoms with van der Waals surface area (Å²) < 4.78 is 25.6. The zero-order valence-corrected chi connectivity index (χ0v) is 13.7. The lowest BCUT2D eigenvalue weighted by molar-refractivity contribution is -0.125. The third kappa shape index (κ3) is 7.42. The van der Waals surface area contributed by atoms with Gasteiger partial charge in [-0.05, 0) is 33.1 Å². The van der Waals surface area contributed by atoms with E-state index in [2.05, 4.69) is 10.0 Å². The van der Waals surface area contributed by atoms with Gasteiger partial charge in [-0.2, -0.15) is 0 Å². The van der Waals surface area contributed by atoms with Crippen molar-refractivity contribution in [1.82, 2.24) is 10.0 Å². The van der Waals surface area contributed by atoms with Crippen LogP contribution in [0.1, 0.15) is 39.5 Å². The van der Waals surface area contributed by atoms with E-state index in [9.17, 15) is 13.2 Å². The molecule has 0 aromatic rings. The zero-order valence-electron chi connectivity index (χ0n) is 12.1. The Morgan fingerprint density at radius 3 is 2.55 bits per heavy atom. The Labute approximate surface area is 127 Å². The Morgan fingerprint density at radius 2 is 2.00 bits per heavy atom. The number of amides is 1. The molecular weight excluding hydrogens is 302 g/mol. The van der Waals surface area contributed by atoms with E-state index in [0.29, 0.717) is 6.42 Å². The molecule has 1 fully saturated rings. The first kappa shape index (κ1) is 19.6. The first-order valence-corrected chi connectivity index (χ1v) is 8.48. The number of carbonyl (C=O) groups is 1. The van der Waals surface area contributed by atoms with Crippen LogP contribution in [0.15, 0.2) is 0 Å². The summed E-state index contributed by atoms with van der Waals surface area (Å²) in [6.07, 6.45) is 3.47. The molecule has 0 heterocycles. The molecule has 0 aromatic carbocycles. The summed E-state index contributed by atoms with van der Waals surface area (Å²) in [7, 11) is -3.31. The highest BCUT2D eigenvalue weighted by atomic mass is 35.5. The molecule has 1 amide bonds. The maximum absolute atomic E-state index is 11.9. The molecule has 0 spiro atoms. The van der Waals surface area contributed by atoms with Gasteiger partial charge in [-0.3, -0.25) is 4.79 Å². The van der Waals surface area contributed by atoms with Gasteiger partial charge in [0.25, 0.3) is 0 Å². The van der Waals surface area contributed by atoms with Crippen LogP contribution in [-0.2, 0) is 14.8 Å². The van der Waals surface area contributed by atoms with E-state index in [4.69, 9.17) is 5.73 Å². The molecule has 0 bridgehead atoms. The fourth-order valence-corrected chi connectivity index (χ4v) is 3.54. The van der Waals surface area contributed by atoms with Gasteiger partial charge >= 0.3 is 0 Å². The molecule has 0 radical (unpaired) electrons. The third-order valence-corrected chi connectivity index (χ3v) is 4.74. The summed E-state index contributed by atoms with van der Waals surface area (Å²) in [5.74, 6) is -0.227. The molecular formula is C12H26ClN3O3S. The Hall–Kier alpha value is -0.370. The van der Waals surface area contributed by atoms with Gasteiger partial charge in [0.2, 0.25) is 15.9 Å². The van der Waals surface area contributed by atoms with E-state index in [1.807, 2.05) is 0 Å². The minimum absolute atomic E-state index is 0. The fourth-order valence-electron chi connectivity index (χ4n) is 2.34. The molecule has 120 valence electrons. The van der Waals surface area contributed by atoms with Crippen LogP contribution in [0.4, 0.5) is 0 Å². The second-order valence-electron chi connectivity index (χ2n) is 5.51.